The summed E-state index contributed by atoms with van der Waals surface area (Å²) in [4.78, 5) is 12.5. The quantitative estimate of drug-likeness (QED) is 0.845. The topological polar surface area (TPSA) is 78.5 Å². The molecule has 0 bridgehead atoms. The Bertz CT molecular complexity index is 721. The number of amides is 1. The molecule has 1 saturated heterocycles. The van der Waals surface area contributed by atoms with E-state index in [0.29, 0.717) is 17.8 Å². The van der Waals surface area contributed by atoms with Gasteiger partial charge in [-0.1, -0.05) is 6.92 Å². The van der Waals surface area contributed by atoms with E-state index in [1.807, 2.05) is 6.92 Å². The molecular formula is C16H24FN3O3S. The number of nitrogens with one attached hydrogen (secondary N) is 2. The fourth-order valence-corrected chi connectivity index (χ4v) is 4.32. The molecule has 1 amide bonds. The predicted octanol–water partition coefficient (Wildman–Crippen LogP) is 1.88. The largest absolute Gasteiger partial charge is 0.326 e. The number of anilines is 1. The van der Waals surface area contributed by atoms with E-state index in [4.69, 9.17) is 0 Å². The Kier molecular flexibility index (Phi) is 5.62. The van der Waals surface area contributed by atoms with Crippen LogP contribution in [0.3, 0.4) is 0 Å². The first kappa shape index (κ1) is 18.8. The van der Waals surface area contributed by atoms with Gasteiger partial charge < -0.3 is 5.32 Å². The third-order valence-electron chi connectivity index (χ3n) is 4.07. The second-order valence-electron chi connectivity index (χ2n) is 6.63. The van der Waals surface area contributed by atoms with Gasteiger partial charge in [0, 0.05) is 24.8 Å². The highest BCUT2D eigenvalue weighted by atomic mass is 32.2. The zero-order valence-corrected chi connectivity index (χ0v) is 15.2. The summed E-state index contributed by atoms with van der Waals surface area (Å²) in [6, 6.07) is 4.14. The van der Waals surface area contributed by atoms with Gasteiger partial charge in [0.15, 0.2) is 0 Å². The molecule has 0 unspecified atom stereocenters. The third-order valence-corrected chi connectivity index (χ3v) is 5.81. The highest BCUT2D eigenvalue weighted by Gasteiger charge is 2.40. The Morgan fingerprint density at radius 2 is 2.00 bits per heavy atom. The van der Waals surface area contributed by atoms with E-state index in [-0.39, 0.29) is 30.2 Å². The van der Waals surface area contributed by atoms with Crippen molar-refractivity contribution in [2.45, 2.75) is 33.7 Å². The van der Waals surface area contributed by atoms with E-state index in [0.717, 1.165) is 0 Å². The molecule has 8 heteroatoms. The van der Waals surface area contributed by atoms with Crippen molar-refractivity contribution < 1.29 is 17.6 Å². The first-order valence-corrected chi connectivity index (χ1v) is 9.38. The number of aryl methyl sites for hydroxylation is 1. The van der Waals surface area contributed by atoms with E-state index >= 15 is 0 Å². The minimum atomic E-state index is -3.59. The van der Waals surface area contributed by atoms with Gasteiger partial charge in [-0.2, -0.15) is 17.4 Å². The summed E-state index contributed by atoms with van der Waals surface area (Å²) in [5.41, 5.74) is 0.949. The Morgan fingerprint density at radius 3 is 2.58 bits per heavy atom. The molecule has 1 aromatic rings. The van der Waals surface area contributed by atoms with Gasteiger partial charge in [0.1, 0.15) is 5.82 Å². The van der Waals surface area contributed by atoms with Gasteiger partial charge in [-0.3, -0.25) is 4.79 Å². The summed E-state index contributed by atoms with van der Waals surface area (Å²) in [6.07, 6.45) is 0. The number of carbonyl (C=O) groups excluding carboxylic acids is 1. The van der Waals surface area contributed by atoms with Crippen LogP contribution in [-0.2, 0) is 15.0 Å². The van der Waals surface area contributed by atoms with Gasteiger partial charge in [0.2, 0.25) is 5.91 Å². The lowest BCUT2D eigenvalue weighted by molar-refractivity contribution is -0.120. The third kappa shape index (κ3) is 4.31. The second-order valence-corrected chi connectivity index (χ2v) is 8.33. The molecule has 134 valence electrons. The molecule has 2 rings (SSSR count). The van der Waals surface area contributed by atoms with Crippen molar-refractivity contribution in [3.63, 3.8) is 0 Å². The first-order chi connectivity index (χ1) is 11.1. The molecule has 6 nitrogen and oxygen atoms in total. The zero-order valence-electron chi connectivity index (χ0n) is 14.3. The summed E-state index contributed by atoms with van der Waals surface area (Å²) >= 11 is 0. The lowest BCUT2D eigenvalue weighted by atomic mass is 9.97. The Labute approximate surface area is 142 Å². The van der Waals surface area contributed by atoms with E-state index in [9.17, 15) is 17.6 Å². The Hall–Kier alpha value is -1.51. The van der Waals surface area contributed by atoms with Crippen LogP contribution in [0.2, 0.25) is 0 Å². The van der Waals surface area contributed by atoms with Gasteiger partial charge >= 0.3 is 0 Å². The van der Waals surface area contributed by atoms with Crippen LogP contribution < -0.4 is 10.0 Å². The van der Waals surface area contributed by atoms with E-state index in [1.54, 1.807) is 26.8 Å². The molecule has 0 aliphatic carbocycles. The summed E-state index contributed by atoms with van der Waals surface area (Å²) in [6.45, 7) is 7.40. The van der Waals surface area contributed by atoms with Crippen molar-refractivity contribution in [3.05, 3.63) is 29.6 Å². The van der Waals surface area contributed by atoms with Gasteiger partial charge in [-0.25, -0.2) is 4.39 Å². The summed E-state index contributed by atoms with van der Waals surface area (Å²) in [5, 5.41) is 2.75. The van der Waals surface area contributed by atoms with Crippen LogP contribution in [0.5, 0.6) is 0 Å². The molecule has 24 heavy (non-hydrogen) atoms. The first-order valence-electron chi connectivity index (χ1n) is 7.94. The molecule has 0 aromatic heterocycles. The van der Waals surface area contributed by atoms with E-state index in [1.165, 1.54) is 16.4 Å². The smallest absolute Gasteiger partial charge is 0.279 e. The van der Waals surface area contributed by atoms with Gasteiger partial charge in [-0.05, 0) is 50.5 Å². The molecular weight excluding hydrogens is 333 g/mol. The lowest BCUT2D eigenvalue weighted by Crippen LogP contribution is -2.43. The number of rotatable bonds is 5. The highest BCUT2D eigenvalue weighted by molar-refractivity contribution is 7.87. The van der Waals surface area contributed by atoms with Crippen LogP contribution in [0, 0.1) is 24.6 Å². The summed E-state index contributed by atoms with van der Waals surface area (Å²) < 4.78 is 41.6. The standard InChI is InChI=1S/C16H24FN3O3S/c1-10(2)19-24(22,23)20-8-12(4)14(9-20)16(21)18-13-5-6-15(17)11(3)7-13/h5-7,10,12,14,19H,8-9H2,1-4H3,(H,18,21)/t12-,14-/m1/s1. The molecule has 2 atom stereocenters. The average molecular weight is 357 g/mol. The molecule has 0 spiro atoms. The van der Waals surface area contributed by atoms with Gasteiger partial charge in [0.25, 0.3) is 10.2 Å². The second kappa shape index (κ2) is 7.16. The van der Waals surface area contributed by atoms with Crippen molar-refractivity contribution in [1.82, 2.24) is 9.03 Å². The van der Waals surface area contributed by atoms with Crippen molar-refractivity contribution in [2.75, 3.05) is 18.4 Å². The SMILES string of the molecule is Cc1cc(NC(=O)[C@@H]2CN(S(=O)(=O)NC(C)C)C[C@H]2C)ccc1F. The maximum absolute atomic E-state index is 13.3. The van der Waals surface area contributed by atoms with Gasteiger partial charge in [-0.15, -0.1) is 0 Å². The fraction of sp³-hybridized carbons (Fsp3) is 0.562. The Balaban J connectivity index is 2.06. The number of hydrogen-bond acceptors (Lipinski definition) is 3. The van der Waals surface area contributed by atoms with Crippen LogP contribution in [0.15, 0.2) is 18.2 Å². The van der Waals surface area contributed by atoms with Crippen molar-refractivity contribution >= 4 is 21.8 Å². The molecule has 0 radical (unpaired) electrons. The van der Waals surface area contributed by atoms with E-state index < -0.39 is 16.1 Å². The maximum Gasteiger partial charge on any atom is 0.279 e. The minimum absolute atomic E-state index is 0.102. The van der Waals surface area contributed by atoms with Crippen LogP contribution >= 0.6 is 0 Å². The lowest BCUT2D eigenvalue weighted by Gasteiger charge is -2.18. The van der Waals surface area contributed by atoms with Crippen LogP contribution in [-0.4, -0.2) is 37.8 Å². The molecule has 1 aliphatic rings. The van der Waals surface area contributed by atoms with Crippen molar-refractivity contribution in [2.24, 2.45) is 11.8 Å². The molecule has 1 fully saturated rings. The molecule has 0 saturated carbocycles. The molecule has 2 N–H and O–H groups in total. The van der Waals surface area contributed by atoms with Crippen LogP contribution in [0.25, 0.3) is 0 Å². The molecule has 1 heterocycles. The molecule has 1 aromatic carbocycles. The molecule has 1 aliphatic heterocycles. The number of halogens is 1. The number of nitrogens with zero attached hydrogens (tertiary/aromatic N) is 1. The van der Waals surface area contributed by atoms with Crippen molar-refractivity contribution in [3.8, 4) is 0 Å². The predicted molar refractivity (Wildman–Crippen MR) is 91.2 cm³/mol. The normalized spacial score (nSPS) is 22.1. The van der Waals surface area contributed by atoms with Gasteiger partial charge in [0.05, 0.1) is 5.92 Å². The average Bonchev–Trinajstić information content (AvgIpc) is 2.84. The maximum atomic E-state index is 13.3. The zero-order chi connectivity index (χ0) is 18.1. The number of hydrogen-bond donors (Lipinski definition) is 2. The van der Waals surface area contributed by atoms with E-state index in [2.05, 4.69) is 10.0 Å². The Morgan fingerprint density at radius 1 is 1.33 bits per heavy atom. The number of benzene rings is 1. The van der Waals surface area contributed by atoms with Crippen molar-refractivity contribution in [1.29, 1.82) is 0 Å². The van der Waals surface area contributed by atoms with Crippen LogP contribution in [0.4, 0.5) is 10.1 Å². The highest BCUT2D eigenvalue weighted by Crippen LogP contribution is 2.26. The van der Waals surface area contributed by atoms with Crippen LogP contribution in [0.1, 0.15) is 26.3 Å². The summed E-state index contributed by atoms with van der Waals surface area (Å²) in [7, 11) is -3.59. The number of carbonyl (C=O) groups is 1. The summed E-state index contributed by atoms with van der Waals surface area (Å²) in [5.74, 6) is -1.13. The minimum Gasteiger partial charge on any atom is -0.326 e. The monoisotopic (exact) mass is 357 g/mol. The fourth-order valence-electron chi connectivity index (χ4n) is 2.79.